The summed E-state index contributed by atoms with van der Waals surface area (Å²) in [4.78, 5) is 11.3. The van der Waals surface area contributed by atoms with Crippen molar-refractivity contribution in [3.05, 3.63) is 71.8 Å². The molecule has 2 saturated heterocycles. The number of aliphatic hydroxyl groups excluding tert-OH is 1. The van der Waals surface area contributed by atoms with Crippen LogP contribution in [0, 0.1) is 0 Å². The molecule has 0 radical (unpaired) electrons. The first kappa shape index (κ1) is 26.4. The zero-order valence-corrected chi connectivity index (χ0v) is 19.8. The van der Waals surface area contributed by atoms with Gasteiger partial charge >= 0.3 is 0 Å². The number of carboxylic acids is 1. The monoisotopic (exact) mass is 508 g/mol. The lowest BCUT2D eigenvalue weighted by atomic mass is 9.86. The quantitative estimate of drug-likeness (QED) is 0.438. The molecule has 2 aliphatic heterocycles. The molecule has 0 bridgehead atoms. The first-order chi connectivity index (χ1) is 14.8. The predicted molar refractivity (Wildman–Crippen MR) is 113 cm³/mol. The lowest BCUT2D eigenvalue weighted by Crippen LogP contribution is -3.00. The highest BCUT2D eigenvalue weighted by molar-refractivity contribution is 5.81. The molecule has 0 saturated carbocycles. The van der Waals surface area contributed by atoms with Crippen LogP contribution in [0.2, 0.25) is 0 Å². The van der Waals surface area contributed by atoms with E-state index in [2.05, 4.69) is 7.05 Å². The van der Waals surface area contributed by atoms with Crippen molar-refractivity contribution in [1.82, 2.24) is 0 Å². The summed E-state index contributed by atoms with van der Waals surface area (Å²) in [6, 6.07) is 16.4. The molecule has 2 aromatic rings. The van der Waals surface area contributed by atoms with Gasteiger partial charge in [0.25, 0.3) is 0 Å². The number of hydrogen-bond donors (Lipinski definition) is 2. The molecule has 2 aliphatic rings. The van der Waals surface area contributed by atoms with E-state index in [0.29, 0.717) is 0 Å². The minimum absolute atomic E-state index is 0. The molecule has 0 aromatic heterocycles. The molecule has 7 nitrogen and oxygen atoms in total. The summed E-state index contributed by atoms with van der Waals surface area (Å²) in [6.07, 6.45) is 1.70. The van der Waals surface area contributed by atoms with E-state index in [1.807, 2.05) is 0 Å². The number of piperidine rings is 1. The third-order valence-corrected chi connectivity index (χ3v) is 5.96. The van der Waals surface area contributed by atoms with Crippen LogP contribution in [-0.4, -0.2) is 73.0 Å². The van der Waals surface area contributed by atoms with E-state index >= 15 is 0 Å². The van der Waals surface area contributed by atoms with Gasteiger partial charge in [0.15, 0.2) is 5.60 Å². The number of aliphatic hydroxyl groups is 2. The first-order valence-corrected chi connectivity index (χ1v) is 10.6. The molecule has 0 amide bonds. The van der Waals surface area contributed by atoms with Crippen LogP contribution in [0.25, 0.3) is 0 Å². The lowest BCUT2D eigenvalue weighted by Gasteiger charge is -2.40. The van der Waals surface area contributed by atoms with Gasteiger partial charge in [0, 0.05) is 12.8 Å². The topological polar surface area (TPSA) is 99.0 Å². The Bertz CT molecular complexity index is 781. The maximum Gasteiger partial charge on any atom is 0.207 e. The SMILES string of the molecule is C[N+]1(CC2OCCO2)CCC(O)CC1.O=C([O-])C(O)(c1ccccc1)c1ccccc1.[Br-]. The second-order valence-electron chi connectivity index (χ2n) is 8.38. The minimum Gasteiger partial charge on any atom is -1.00 e. The average Bonchev–Trinajstić information content (AvgIpc) is 3.29. The summed E-state index contributed by atoms with van der Waals surface area (Å²) in [7, 11) is 2.22. The fraction of sp³-hybridized carbons (Fsp3) is 0.458. The number of benzene rings is 2. The number of likely N-dealkylation sites (tertiary alicyclic amines) is 1. The normalized spacial score (nSPS) is 23.5. The fourth-order valence-electron chi connectivity index (χ4n) is 3.99. The van der Waals surface area contributed by atoms with E-state index in [-0.39, 0.29) is 40.5 Å². The Morgan fingerprint density at radius 2 is 1.44 bits per heavy atom. The Morgan fingerprint density at radius 3 is 1.84 bits per heavy atom. The van der Waals surface area contributed by atoms with Gasteiger partial charge in [0.2, 0.25) is 6.29 Å². The Balaban J connectivity index is 0.000000224. The van der Waals surface area contributed by atoms with Gasteiger partial charge in [-0.25, -0.2) is 0 Å². The van der Waals surface area contributed by atoms with Gasteiger partial charge in [0.05, 0.1) is 45.4 Å². The van der Waals surface area contributed by atoms with E-state index in [1.54, 1.807) is 60.7 Å². The number of hydrogen-bond acceptors (Lipinski definition) is 6. The summed E-state index contributed by atoms with van der Waals surface area (Å²) in [6.45, 7) is 4.45. The van der Waals surface area contributed by atoms with E-state index in [4.69, 9.17) is 9.47 Å². The number of nitrogens with zero attached hydrogens (tertiary/aromatic N) is 1. The van der Waals surface area contributed by atoms with Gasteiger partial charge < -0.3 is 51.1 Å². The van der Waals surface area contributed by atoms with E-state index in [9.17, 15) is 20.1 Å². The van der Waals surface area contributed by atoms with Crippen molar-refractivity contribution in [3.63, 3.8) is 0 Å². The minimum atomic E-state index is -2.11. The van der Waals surface area contributed by atoms with Gasteiger partial charge in [-0.05, 0) is 11.1 Å². The molecule has 176 valence electrons. The van der Waals surface area contributed by atoms with Gasteiger partial charge in [-0.2, -0.15) is 0 Å². The Morgan fingerprint density at radius 1 is 1.00 bits per heavy atom. The van der Waals surface area contributed by atoms with Crippen molar-refractivity contribution >= 4 is 5.97 Å². The molecule has 0 unspecified atom stereocenters. The Labute approximate surface area is 199 Å². The second kappa shape index (κ2) is 11.9. The number of aliphatic carboxylic acids is 1. The average molecular weight is 509 g/mol. The number of likely N-dealkylation sites (N-methyl/N-ethyl adjacent to an activating group) is 1. The molecule has 2 aromatic carbocycles. The van der Waals surface area contributed by atoms with Gasteiger partial charge in [-0.3, -0.25) is 0 Å². The molecule has 4 rings (SSSR count). The van der Waals surface area contributed by atoms with Crippen molar-refractivity contribution in [3.8, 4) is 0 Å². The number of halogens is 1. The molecule has 32 heavy (non-hydrogen) atoms. The number of ether oxygens (including phenoxy) is 2. The highest BCUT2D eigenvalue weighted by atomic mass is 79.9. The molecule has 0 aliphatic carbocycles. The van der Waals surface area contributed by atoms with Crippen LogP contribution < -0.4 is 22.1 Å². The van der Waals surface area contributed by atoms with E-state index < -0.39 is 11.6 Å². The van der Waals surface area contributed by atoms with Crippen LogP contribution in [0.5, 0.6) is 0 Å². The number of carbonyl (C=O) groups is 1. The first-order valence-electron chi connectivity index (χ1n) is 10.6. The van der Waals surface area contributed by atoms with Crippen LogP contribution in [0.1, 0.15) is 24.0 Å². The molecule has 2 N–H and O–H groups in total. The molecule has 2 heterocycles. The zero-order valence-electron chi connectivity index (χ0n) is 18.2. The Hall–Kier alpha value is -1.81. The summed E-state index contributed by atoms with van der Waals surface area (Å²) in [5, 5.41) is 31.1. The fourth-order valence-corrected chi connectivity index (χ4v) is 3.99. The lowest BCUT2D eigenvalue weighted by molar-refractivity contribution is -0.920. The number of rotatable bonds is 5. The maximum atomic E-state index is 11.3. The number of carboxylic acid groups (broad SMARTS) is 1. The van der Waals surface area contributed by atoms with Crippen LogP contribution >= 0.6 is 0 Å². The summed E-state index contributed by atoms with van der Waals surface area (Å²) >= 11 is 0. The number of carbonyl (C=O) groups excluding carboxylic acids is 1. The third-order valence-electron chi connectivity index (χ3n) is 5.96. The van der Waals surface area contributed by atoms with Gasteiger partial charge in [0.1, 0.15) is 6.54 Å². The van der Waals surface area contributed by atoms with E-state index in [1.165, 1.54) is 0 Å². The molecular formula is C24H31BrNO6-. The van der Waals surface area contributed by atoms with Crippen LogP contribution in [0.4, 0.5) is 0 Å². The summed E-state index contributed by atoms with van der Waals surface area (Å²) in [5.41, 5.74) is -1.54. The van der Waals surface area contributed by atoms with Gasteiger partial charge in [-0.1, -0.05) is 60.7 Å². The third kappa shape index (κ3) is 6.60. The van der Waals surface area contributed by atoms with Crippen molar-refractivity contribution in [2.45, 2.75) is 30.8 Å². The number of quaternary nitrogens is 1. The summed E-state index contributed by atoms with van der Waals surface area (Å²) < 4.78 is 11.9. The smallest absolute Gasteiger partial charge is 0.207 e. The Kier molecular flexibility index (Phi) is 9.82. The highest BCUT2D eigenvalue weighted by Crippen LogP contribution is 2.28. The van der Waals surface area contributed by atoms with Crippen LogP contribution in [-0.2, 0) is 19.9 Å². The largest absolute Gasteiger partial charge is 1.00 e. The predicted octanol–water partition coefficient (Wildman–Crippen LogP) is -2.36. The van der Waals surface area contributed by atoms with Crippen molar-refractivity contribution in [1.29, 1.82) is 0 Å². The van der Waals surface area contributed by atoms with Crippen molar-refractivity contribution < 1.29 is 51.1 Å². The zero-order chi connectivity index (χ0) is 22.3. The van der Waals surface area contributed by atoms with Crippen molar-refractivity contribution in [2.24, 2.45) is 0 Å². The van der Waals surface area contributed by atoms with E-state index in [0.717, 1.165) is 50.2 Å². The molecule has 0 atom stereocenters. The van der Waals surface area contributed by atoms with Crippen LogP contribution in [0.3, 0.4) is 0 Å². The summed E-state index contributed by atoms with van der Waals surface area (Å²) in [5.74, 6) is -1.53. The standard InChI is InChI=1S/C14H12O3.C10H20NO3.BrH/c15-13(16)14(17,11-7-3-1-4-8-11)12-9-5-2-6-10-12;1-11(4-2-9(12)3-5-11)8-10-13-6-7-14-10;/h1-10,17H,(H,15,16);9-10,12H,2-8H2,1H3;1H/q;+1;/p-2. The maximum absolute atomic E-state index is 11.3. The highest BCUT2D eigenvalue weighted by Gasteiger charge is 2.34. The van der Waals surface area contributed by atoms with Crippen LogP contribution in [0.15, 0.2) is 60.7 Å². The molecular weight excluding hydrogens is 478 g/mol. The molecule has 8 heteroatoms. The second-order valence-corrected chi connectivity index (χ2v) is 8.38. The van der Waals surface area contributed by atoms with Crippen molar-refractivity contribution in [2.75, 3.05) is 39.9 Å². The molecule has 0 spiro atoms. The molecule has 2 fully saturated rings. The van der Waals surface area contributed by atoms with Gasteiger partial charge in [-0.15, -0.1) is 0 Å².